The molecule has 92 valence electrons. The number of rotatable bonds is 4. The molecule has 0 atom stereocenters. The van der Waals surface area contributed by atoms with Crippen molar-refractivity contribution < 1.29 is 9.18 Å². The lowest BCUT2D eigenvalue weighted by molar-refractivity contribution is -0.121. The quantitative estimate of drug-likeness (QED) is 0.854. The highest BCUT2D eigenvalue weighted by Crippen LogP contribution is 2.17. The van der Waals surface area contributed by atoms with E-state index in [-0.39, 0.29) is 11.7 Å². The topological polar surface area (TPSA) is 29.1 Å². The van der Waals surface area contributed by atoms with E-state index < -0.39 is 0 Å². The molecular weight excluding hydrogens is 217 g/mol. The second kappa shape index (κ2) is 5.80. The van der Waals surface area contributed by atoms with Gasteiger partial charge in [-0.05, 0) is 37.0 Å². The second-order valence-electron chi connectivity index (χ2n) is 4.68. The van der Waals surface area contributed by atoms with Gasteiger partial charge in [-0.25, -0.2) is 4.39 Å². The summed E-state index contributed by atoms with van der Waals surface area (Å²) in [6, 6.07) is 6.81. The van der Waals surface area contributed by atoms with Crippen molar-refractivity contribution in [2.75, 3.05) is 0 Å². The largest absolute Gasteiger partial charge is 0.353 e. The number of carbonyl (C=O) groups is 1. The lowest BCUT2D eigenvalue weighted by Gasteiger charge is -2.11. The predicted octanol–water partition coefficient (Wildman–Crippen LogP) is 2.82. The number of carbonyl (C=O) groups excluding carboxylic acids is 1. The van der Waals surface area contributed by atoms with Crippen LogP contribution < -0.4 is 5.32 Å². The molecule has 17 heavy (non-hydrogen) atoms. The van der Waals surface area contributed by atoms with Gasteiger partial charge in [0.1, 0.15) is 5.82 Å². The summed E-state index contributed by atoms with van der Waals surface area (Å²) in [4.78, 5) is 11.7. The lowest BCUT2D eigenvalue weighted by atomic mass is 10.1. The Morgan fingerprint density at radius 1 is 1.35 bits per heavy atom. The Hall–Kier alpha value is -1.38. The molecule has 2 nitrogen and oxygen atoms in total. The van der Waals surface area contributed by atoms with Gasteiger partial charge >= 0.3 is 0 Å². The van der Waals surface area contributed by atoms with Crippen LogP contribution in [-0.2, 0) is 11.2 Å². The summed E-state index contributed by atoms with van der Waals surface area (Å²) < 4.78 is 12.9. The number of hydrogen-bond acceptors (Lipinski definition) is 1. The average Bonchev–Trinajstić information content (AvgIpc) is 2.79. The first-order valence-corrected chi connectivity index (χ1v) is 6.28. The number of hydrogen-bond donors (Lipinski definition) is 1. The predicted molar refractivity (Wildman–Crippen MR) is 65.1 cm³/mol. The Morgan fingerprint density at radius 2 is 2.12 bits per heavy atom. The molecule has 0 heterocycles. The maximum atomic E-state index is 12.9. The fourth-order valence-electron chi connectivity index (χ4n) is 2.32. The van der Waals surface area contributed by atoms with E-state index in [2.05, 4.69) is 5.32 Å². The molecule has 1 aromatic rings. The summed E-state index contributed by atoms with van der Waals surface area (Å²) in [7, 11) is 0. The van der Waals surface area contributed by atoms with Crippen LogP contribution in [0.25, 0.3) is 0 Å². The molecule has 1 saturated carbocycles. The summed E-state index contributed by atoms with van der Waals surface area (Å²) in [5.74, 6) is -0.153. The van der Waals surface area contributed by atoms with E-state index in [4.69, 9.17) is 0 Å². The monoisotopic (exact) mass is 235 g/mol. The van der Waals surface area contributed by atoms with Crippen molar-refractivity contribution in [1.29, 1.82) is 0 Å². The van der Waals surface area contributed by atoms with Crippen molar-refractivity contribution in [2.45, 2.75) is 44.6 Å². The zero-order valence-electron chi connectivity index (χ0n) is 9.92. The maximum absolute atomic E-state index is 12.9. The van der Waals surface area contributed by atoms with Crippen LogP contribution in [0.3, 0.4) is 0 Å². The van der Waals surface area contributed by atoms with Crippen molar-refractivity contribution in [3.05, 3.63) is 35.6 Å². The summed E-state index contributed by atoms with van der Waals surface area (Å²) in [6.07, 6.45) is 5.69. The van der Waals surface area contributed by atoms with E-state index in [0.29, 0.717) is 18.9 Å². The standard InChI is InChI=1S/C14H18FNO/c15-12-5-3-4-11(10-12)8-9-14(17)16-13-6-1-2-7-13/h3-5,10,13H,1-2,6-9H2,(H,16,17). The van der Waals surface area contributed by atoms with Crippen LogP contribution >= 0.6 is 0 Å². The SMILES string of the molecule is O=C(CCc1cccc(F)c1)NC1CCCC1. The summed E-state index contributed by atoms with van der Waals surface area (Å²) in [6.45, 7) is 0. The number of aryl methyl sites for hydroxylation is 1. The Bertz CT molecular complexity index is 386. The average molecular weight is 235 g/mol. The van der Waals surface area contributed by atoms with Gasteiger partial charge in [-0.15, -0.1) is 0 Å². The fraction of sp³-hybridized carbons (Fsp3) is 0.500. The van der Waals surface area contributed by atoms with Crippen molar-refractivity contribution in [3.63, 3.8) is 0 Å². The molecule has 1 N–H and O–H groups in total. The Morgan fingerprint density at radius 3 is 2.82 bits per heavy atom. The molecule has 2 rings (SSSR count). The molecule has 1 fully saturated rings. The van der Waals surface area contributed by atoms with Crippen LogP contribution in [0.4, 0.5) is 4.39 Å². The highest BCUT2D eigenvalue weighted by molar-refractivity contribution is 5.76. The number of nitrogens with one attached hydrogen (secondary N) is 1. The minimum Gasteiger partial charge on any atom is -0.353 e. The van der Waals surface area contributed by atoms with Gasteiger partial charge in [-0.3, -0.25) is 4.79 Å². The highest BCUT2D eigenvalue weighted by atomic mass is 19.1. The van der Waals surface area contributed by atoms with E-state index in [1.165, 1.54) is 25.0 Å². The van der Waals surface area contributed by atoms with E-state index in [1.54, 1.807) is 6.07 Å². The van der Waals surface area contributed by atoms with Crippen LogP contribution in [0.2, 0.25) is 0 Å². The number of benzene rings is 1. The van der Waals surface area contributed by atoms with E-state index in [1.807, 2.05) is 6.07 Å². The maximum Gasteiger partial charge on any atom is 0.220 e. The van der Waals surface area contributed by atoms with Gasteiger partial charge in [0.05, 0.1) is 0 Å². The molecular formula is C14H18FNO. The smallest absolute Gasteiger partial charge is 0.220 e. The molecule has 0 spiro atoms. The molecule has 1 amide bonds. The summed E-state index contributed by atoms with van der Waals surface area (Å²) >= 11 is 0. The van der Waals surface area contributed by atoms with Crippen LogP contribution in [0, 0.1) is 5.82 Å². The number of amides is 1. The Kier molecular flexibility index (Phi) is 4.13. The Labute approximate surface area is 101 Å². The third kappa shape index (κ3) is 3.84. The van der Waals surface area contributed by atoms with Gasteiger partial charge in [0, 0.05) is 12.5 Å². The van der Waals surface area contributed by atoms with Crippen LogP contribution in [0.15, 0.2) is 24.3 Å². The third-order valence-electron chi connectivity index (χ3n) is 3.25. The van der Waals surface area contributed by atoms with E-state index in [0.717, 1.165) is 18.4 Å². The van der Waals surface area contributed by atoms with Crippen molar-refractivity contribution in [3.8, 4) is 0 Å². The second-order valence-corrected chi connectivity index (χ2v) is 4.68. The first-order valence-electron chi connectivity index (χ1n) is 6.28. The van der Waals surface area contributed by atoms with Crippen LogP contribution in [0.5, 0.6) is 0 Å². The molecule has 3 heteroatoms. The van der Waals surface area contributed by atoms with Crippen molar-refractivity contribution >= 4 is 5.91 Å². The van der Waals surface area contributed by atoms with Gasteiger partial charge in [0.2, 0.25) is 5.91 Å². The van der Waals surface area contributed by atoms with E-state index >= 15 is 0 Å². The molecule has 0 radical (unpaired) electrons. The Balaban J connectivity index is 1.75. The fourth-order valence-corrected chi connectivity index (χ4v) is 2.32. The lowest BCUT2D eigenvalue weighted by Crippen LogP contribution is -2.32. The zero-order chi connectivity index (χ0) is 12.1. The van der Waals surface area contributed by atoms with E-state index in [9.17, 15) is 9.18 Å². The van der Waals surface area contributed by atoms with Gasteiger partial charge in [-0.2, -0.15) is 0 Å². The number of halogens is 1. The summed E-state index contributed by atoms with van der Waals surface area (Å²) in [5.41, 5.74) is 0.881. The molecule has 1 aromatic carbocycles. The van der Waals surface area contributed by atoms with Crippen LogP contribution in [0.1, 0.15) is 37.7 Å². The first kappa shape index (κ1) is 12.1. The minimum atomic E-state index is -0.237. The summed E-state index contributed by atoms with van der Waals surface area (Å²) in [5, 5.41) is 3.03. The molecule has 0 aliphatic heterocycles. The molecule has 0 aromatic heterocycles. The van der Waals surface area contributed by atoms with Gasteiger partial charge in [0.15, 0.2) is 0 Å². The first-order chi connectivity index (χ1) is 8.24. The molecule has 1 aliphatic carbocycles. The molecule has 0 saturated heterocycles. The highest BCUT2D eigenvalue weighted by Gasteiger charge is 2.16. The van der Waals surface area contributed by atoms with Crippen LogP contribution in [-0.4, -0.2) is 11.9 Å². The molecule has 0 bridgehead atoms. The minimum absolute atomic E-state index is 0.0844. The van der Waals surface area contributed by atoms with Crippen molar-refractivity contribution in [2.24, 2.45) is 0 Å². The molecule has 1 aliphatic rings. The molecule has 0 unspecified atom stereocenters. The third-order valence-corrected chi connectivity index (χ3v) is 3.25. The van der Waals surface area contributed by atoms with Crippen molar-refractivity contribution in [1.82, 2.24) is 5.32 Å². The van der Waals surface area contributed by atoms with Gasteiger partial charge < -0.3 is 5.32 Å². The van der Waals surface area contributed by atoms with Gasteiger partial charge in [-0.1, -0.05) is 25.0 Å². The zero-order valence-corrected chi connectivity index (χ0v) is 9.92. The normalized spacial score (nSPS) is 16.1. The van der Waals surface area contributed by atoms with Gasteiger partial charge in [0.25, 0.3) is 0 Å².